The normalized spacial score (nSPS) is 25.4. The second kappa shape index (κ2) is 7.58. The van der Waals surface area contributed by atoms with Crippen LogP contribution in [0.4, 0.5) is 0 Å². The summed E-state index contributed by atoms with van der Waals surface area (Å²) in [4.78, 5) is 0. The molecule has 0 aromatic heterocycles. The van der Waals surface area contributed by atoms with Gasteiger partial charge in [-0.25, -0.2) is 0 Å². The Bertz CT molecular complexity index is 507. The van der Waals surface area contributed by atoms with E-state index in [1.54, 1.807) is 6.08 Å². The van der Waals surface area contributed by atoms with Crippen molar-refractivity contribution >= 4 is 6.08 Å². The van der Waals surface area contributed by atoms with Crippen molar-refractivity contribution in [1.29, 1.82) is 0 Å². The van der Waals surface area contributed by atoms with Gasteiger partial charge in [-0.15, -0.1) is 0 Å². The Labute approximate surface area is 138 Å². The van der Waals surface area contributed by atoms with Crippen molar-refractivity contribution in [1.82, 2.24) is 0 Å². The summed E-state index contributed by atoms with van der Waals surface area (Å²) in [5, 5.41) is 30.8. The van der Waals surface area contributed by atoms with Crippen molar-refractivity contribution in [2.45, 2.75) is 50.4 Å². The molecule has 0 heterocycles. The zero-order chi connectivity index (χ0) is 16.9. The number of aliphatic hydroxyl groups excluding tert-OH is 1. The first-order valence-corrected chi connectivity index (χ1v) is 8.48. The summed E-state index contributed by atoms with van der Waals surface area (Å²) in [6, 6.07) is 9.47. The second-order valence-corrected chi connectivity index (χ2v) is 6.94. The van der Waals surface area contributed by atoms with Crippen LogP contribution in [0.5, 0.6) is 0 Å². The molecule has 2 rings (SSSR count). The summed E-state index contributed by atoms with van der Waals surface area (Å²) >= 11 is 0. The molecule has 5 N–H and O–H groups in total. The van der Waals surface area contributed by atoms with E-state index in [0.29, 0.717) is 5.92 Å². The number of nitrogens with two attached hydrogens (primary N) is 1. The molecule has 0 radical (unpaired) electrons. The van der Waals surface area contributed by atoms with E-state index in [1.807, 2.05) is 30.3 Å². The maximum Gasteiger partial charge on any atom is 0.202 e. The highest BCUT2D eigenvalue weighted by Gasteiger charge is 2.50. The van der Waals surface area contributed by atoms with Crippen LogP contribution in [0, 0.1) is 11.8 Å². The number of benzene rings is 1. The number of rotatable bonds is 6. The molecular formula is C19H29NO3. The smallest absolute Gasteiger partial charge is 0.202 e. The molecule has 0 saturated heterocycles. The Morgan fingerprint density at radius 3 is 2.30 bits per heavy atom. The maximum absolute atomic E-state index is 10.7. The predicted molar refractivity (Wildman–Crippen MR) is 92.4 cm³/mol. The molecule has 0 spiro atoms. The summed E-state index contributed by atoms with van der Waals surface area (Å²) in [5.74, 6) is -1.52. The Balaban J connectivity index is 2.21. The van der Waals surface area contributed by atoms with Crippen molar-refractivity contribution in [3.63, 3.8) is 0 Å². The van der Waals surface area contributed by atoms with Crippen molar-refractivity contribution in [3.8, 4) is 0 Å². The van der Waals surface area contributed by atoms with E-state index in [4.69, 9.17) is 5.73 Å². The molecule has 23 heavy (non-hydrogen) atoms. The van der Waals surface area contributed by atoms with Crippen LogP contribution < -0.4 is 5.73 Å². The van der Waals surface area contributed by atoms with Crippen molar-refractivity contribution < 1.29 is 15.3 Å². The zero-order valence-corrected chi connectivity index (χ0v) is 13.9. The van der Waals surface area contributed by atoms with E-state index in [9.17, 15) is 15.3 Å². The molecular weight excluding hydrogens is 290 g/mol. The van der Waals surface area contributed by atoms with Crippen molar-refractivity contribution in [2.75, 3.05) is 6.61 Å². The molecule has 1 atom stereocenters. The van der Waals surface area contributed by atoms with Gasteiger partial charge in [-0.05, 0) is 42.7 Å². The van der Waals surface area contributed by atoms with Crippen molar-refractivity contribution in [3.05, 3.63) is 42.0 Å². The van der Waals surface area contributed by atoms with E-state index >= 15 is 0 Å². The lowest BCUT2D eigenvalue weighted by Crippen LogP contribution is -2.65. The highest BCUT2D eigenvalue weighted by Crippen LogP contribution is 2.41. The van der Waals surface area contributed by atoms with Crippen LogP contribution in [0.2, 0.25) is 0 Å². The van der Waals surface area contributed by atoms with Gasteiger partial charge in [0.1, 0.15) is 0 Å². The average Bonchev–Trinajstić information content (AvgIpc) is 2.54. The topological polar surface area (TPSA) is 86.7 Å². The average molecular weight is 319 g/mol. The first kappa shape index (κ1) is 18.1. The van der Waals surface area contributed by atoms with Crippen LogP contribution in [0.25, 0.3) is 6.08 Å². The maximum atomic E-state index is 10.7. The predicted octanol–water partition coefficient (Wildman–Crippen LogP) is 2.29. The van der Waals surface area contributed by atoms with Gasteiger partial charge >= 0.3 is 0 Å². The Hall–Kier alpha value is -1.20. The lowest BCUT2D eigenvalue weighted by Gasteiger charge is -2.47. The van der Waals surface area contributed by atoms with E-state index in [0.717, 1.165) is 31.2 Å². The largest absolute Gasteiger partial charge is 0.396 e. The van der Waals surface area contributed by atoms with Crippen LogP contribution in [-0.2, 0) is 0 Å². The molecule has 0 bridgehead atoms. The minimum atomic E-state index is -2.16. The first-order chi connectivity index (χ1) is 10.9. The minimum absolute atomic E-state index is 0.0127. The zero-order valence-electron chi connectivity index (χ0n) is 13.9. The first-order valence-electron chi connectivity index (χ1n) is 8.48. The standard InChI is InChI=1S/C19H29NO3/c1-15-7-9-17(10-8-15)18(20,13-14-21)19(22,23)12-11-16-5-3-2-4-6-16/h2-6,11-12,15,17,21-23H,7-10,13-14,20H2,1H3. The highest BCUT2D eigenvalue weighted by atomic mass is 16.5. The molecule has 0 amide bonds. The molecule has 128 valence electrons. The summed E-state index contributed by atoms with van der Waals surface area (Å²) < 4.78 is 0. The van der Waals surface area contributed by atoms with Crippen LogP contribution in [0.15, 0.2) is 36.4 Å². The molecule has 1 saturated carbocycles. The van der Waals surface area contributed by atoms with E-state index in [-0.39, 0.29) is 18.9 Å². The van der Waals surface area contributed by atoms with Crippen LogP contribution in [0.3, 0.4) is 0 Å². The Morgan fingerprint density at radius 1 is 1.13 bits per heavy atom. The van der Waals surface area contributed by atoms with Gasteiger partial charge in [-0.1, -0.05) is 56.2 Å². The molecule has 1 unspecified atom stereocenters. The lowest BCUT2D eigenvalue weighted by atomic mass is 9.67. The highest BCUT2D eigenvalue weighted by molar-refractivity contribution is 5.50. The fourth-order valence-electron chi connectivity index (χ4n) is 3.58. The second-order valence-electron chi connectivity index (χ2n) is 6.94. The Kier molecular flexibility index (Phi) is 5.98. The van der Waals surface area contributed by atoms with Gasteiger partial charge in [0, 0.05) is 6.61 Å². The molecule has 1 aliphatic carbocycles. The monoisotopic (exact) mass is 319 g/mol. The van der Waals surface area contributed by atoms with Crippen LogP contribution >= 0.6 is 0 Å². The lowest BCUT2D eigenvalue weighted by molar-refractivity contribution is -0.192. The third kappa shape index (κ3) is 4.21. The number of hydrogen-bond donors (Lipinski definition) is 4. The summed E-state index contributed by atoms with van der Waals surface area (Å²) in [7, 11) is 0. The van der Waals surface area contributed by atoms with Gasteiger partial charge in [0.05, 0.1) is 5.54 Å². The van der Waals surface area contributed by atoms with Gasteiger partial charge in [0.25, 0.3) is 0 Å². The molecule has 1 aromatic carbocycles. The summed E-state index contributed by atoms with van der Waals surface area (Å²) in [6.07, 6.45) is 6.99. The van der Waals surface area contributed by atoms with Gasteiger partial charge in [0.2, 0.25) is 5.79 Å². The van der Waals surface area contributed by atoms with E-state index in [1.165, 1.54) is 6.08 Å². The number of aliphatic hydroxyl groups is 3. The van der Waals surface area contributed by atoms with E-state index < -0.39 is 11.3 Å². The van der Waals surface area contributed by atoms with Crippen LogP contribution in [-0.4, -0.2) is 33.3 Å². The molecule has 1 fully saturated rings. The van der Waals surface area contributed by atoms with Gasteiger partial charge in [-0.2, -0.15) is 0 Å². The Morgan fingerprint density at radius 2 is 1.74 bits per heavy atom. The van der Waals surface area contributed by atoms with Gasteiger partial charge < -0.3 is 21.1 Å². The molecule has 4 nitrogen and oxygen atoms in total. The van der Waals surface area contributed by atoms with Crippen molar-refractivity contribution in [2.24, 2.45) is 17.6 Å². The SMILES string of the molecule is CC1CCC(C(N)(CCO)C(O)(O)C=Cc2ccccc2)CC1. The summed E-state index contributed by atoms with van der Waals surface area (Å²) in [6.45, 7) is 2.05. The number of hydrogen-bond acceptors (Lipinski definition) is 4. The minimum Gasteiger partial charge on any atom is -0.396 e. The van der Waals surface area contributed by atoms with Crippen LogP contribution in [0.1, 0.15) is 44.6 Å². The fourth-order valence-corrected chi connectivity index (χ4v) is 3.58. The fraction of sp³-hybridized carbons (Fsp3) is 0.579. The third-order valence-electron chi connectivity index (χ3n) is 5.26. The quantitative estimate of drug-likeness (QED) is 0.606. The van der Waals surface area contributed by atoms with Gasteiger partial charge in [0.15, 0.2) is 0 Å². The van der Waals surface area contributed by atoms with Gasteiger partial charge in [-0.3, -0.25) is 0 Å². The molecule has 1 aromatic rings. The third-order valence-corrected chi connectivity index (χ3v) is 5.26. The molecule has 0 aliphatic heterocycles. The summed E-state index contributed by atoms with van der Waals surface area (Å²) in [5.41, 5.74) is 6.09. The molecule has 4 heteroatoms. The van der Waals surface area contributed by atoms with E-state index in [2.05, 4.69) is 6.92 Å². The molecule has 1 aliphatic rings.